The van der Waals surface area contributed by atoms with E-state index in [0.717, 1.165) is 12.1 Å². The summed E-state index contributed by atoms with van der Waals surface area (Å²) in [4.78, 5) is 14.9. The summed E-state index contributed by atoms with van der Waals surface area (Å²) in [6.07, 6.45) is 3.03. The zero-order chi connectivity index (χ0) is 19.4. The molecule has 0 radical (unpaired) electrons. The highest BCUT2D eigenvalue weighted by atomic mass is 35.5. The van der Waals surface area contributed by atoms with Crippen LogP contribution in [0.4, 0.5) is 8.78 Å². The van der Waals surface area contributed by atoms with Crippen molar-refractivity contribution in [2.75, 3.05) is 0 Å². The van der Waals surface area contributed by atoms with E-state index in [4.69, 9.17) is 16.3 Å². The molecule has 1 heterocycles. The van der Waals surface area contributed by atoms with Gasteiger partial charge in [-0.05, 0) is 42.0 Å². The largest absolute Gasteiger partial charge is 0.545 e. The number of ether oxygens (including phenoxy) is 1. The Morgan fingerprint density at radius 1 is 1.07 bits per heavy atom. The van der Waals surface area contributed by atoms with Crippen molar-refractivity contribution in [1.82, 2.24) is 4.98 Å². The van der Waals surface area contributed by atoms with E-state index in [-0.39, 0.29) is 17.7 Å². The second-order valence-corrected chi connectivity index (χ2v) is 6.26. The average molecular weight is 389 g/mol. The highest BCUT2D eigenvalue weighted by Crippen LogP contribution is 2.27. The summed E-state index contributed by atoms with van der Waals surface area (Å²) in [5, 5.41) is 11.4. The molecule has 138 valence electrons. The number of nitrogens with zero attached hydrogens (tertiary/aromatic N) is 1. The smallest absolute Gasteiger partial charge is 0.132 e. The number of halogens is 3. The lowest BCUT2D eigenvalue weighted by Gasteiger charge is -2.13. The number of carbonyl (C=O) groups excluding carboxylic acids is 1. The Kier molecular flexibility index (Phi) is 5.66. The Morgan fingerprint density at radius 2 is 1.89 bits per heavy atom. The molecule has 3 rings (SSSR count). The van der Waals surface area contributed by atoms with Crippen LogP contribution >= 0.6 is 11.6 Å². The van der Waals surface area contributed by atoms with Crippen LogP contribution in [0.25, 0.3) is 0 Å². The normalized spacial score (nSPS) is 10.6. The average Bonchev–Trinajstić information content (AvgIpc) is 2.62. The van der Waals surface area contributed by atoms with Gasteiger partial charge in [0.25, 0.3) is 0 Å². The first-order valence-electron chi connectivity index (χ1n) is 7.93. The van der Waals surface area contributed by atoms with Crippen molar-refractivity contribution in [3.05, 3.63) is 93.8 Å². The van der Waals surface area contributed by atoms with Crippen molar-refractivity contribution in [3.8, 4) is 5.75 Å². The summed E-state index contributed by atoms with van der Waals surface area (Å²) >= 11 is 6.05. The van der Waals surface area contributed by atoms with Gasteiger partial charge in [0.05, 0.1) is 5.97 Å². The van der Waals surface area contributed by atoms with Gasteiger partial charge in [0.2, 0.25) is 0 Å². The van der Waals surface area contributed by atoms with Crippen LogP contribution < -0.4 is 9.84 Å². The fourth-order valence-electron chi connectivity index (χ4n) is 2.54. The summed E-state index contributed by atoms with van der Waals surface area (Å²) in [5.74, 6) is -2.24. The molecule has 1 aromatic heterocycles. The minimum atomic E-state index is -1.32. The van der Waals surface area contributed by atoms with Crippen LogP contribution in [0.5, 0.6) is 5.75 Å². The second-order valence-electron chi connectivity index (χ2n) is 5.82. The first kappa shape index (κ1) is 18.8. The van der Waals surface area contributed by atoms with E-state index in [1.54, 1.807) is 18.2 Å². The maximum atomic E-state index is 13.8. The van der Waals surface area contributed by atoms with E-state index in [9.17, 15) is 18.7 Å². The monoisotopic (exact) mass is 388 g/mol. The lowest BCUT2D eigenvalue weighted by molar-refractivity contribution is -0.255. The SMILES string of the molecule is O=C([O-])c1cncc(Cc2cc(Cl)ccc2OCc2ccc(F)cc2F)c1. The van der Waals surface area contributed by atoms with Crippen molar-refractivity contribution in [1.29, 1.82) is 0 Å². The van der Waals surface area contributed by atoms with Gasteiger partial charge in [0.1, 0.15) is 24.0 Å². The minimum absolute atomic E-state index is 0.0367. The minimum Gasteiger partial charge on any atom is -0.545 e. The Bertz CT molecular complexity index is 995. The number of carboxylic acids is 1. The fourth-order valence-corrected chi connectivity index (χ4v) is 2.73. The summed E-state index contributed by atoms with van der Waals surface area (Å²) < 4.78 is 32.5. The van der Waals surface area contributed by atoms with Crippen LogP contribution in [-0.2, 0) is 13.0 Å². The van der Waals surface area contributed by atoms with Crippen molar-refractivity contribution in [2.45, 2.75) is 13.0 Å². The molecule has 0 aliphatic carbocycles. The summed E-state index contributed by atoms with van der Waals surface area (Å²) in [6, 6.07) is 9.64. The van der Waals surface area contributed by atoms with E-state index in [0.29, 0.717) is 28.3 Å². The Labute approximate surface area is 159 Å². The van der Waals surface area contributed by atoms with E-state index >= 15 is 0 Å². The number of aromatic carboxylic acids is 1. The highest BCUT2D eigenvalue weighted by Gasteiger charge is 2.10. The van der Waals surface area contributed by atoms with E-state index in [1.165, 1.54) is 24.5 Å². The Balaban J connectivity index is 1.82. The van der Waals surface area contributed by atoms with E-state index in [2.05, 4.69) is 4.98 Å². The van der Waals surface area contributed by atoms with Crippen molar-refractivity contribution in [3.63, 3.8) is 0 Å². The molecule has 0 bridgehead atoms. The summed E-state index contributed by atoms with van der Waals surface area (Å²) in [6.45, 7) is -0.0991. The molecule has 0 atom stereocenters. The number of pyridine rings is 1. The van der Waals surface area contributed by atoms with Crippen LogP contribution in [0.15, 0.2) is 54.9 Å². The maximum Gasteiger partial charge on any atom is 0.132 e. The van der Waals surface area contributed by atoms with Gasteiger partial charge in [-0.3, -0.25) is 4.98 Å². The van der Waals surface area contributed by atoms with Crippen LogP contribution in [0.3, 0.4) is 0 Å². The molecule has 4 nitrogen and oxygen atoms in total. The number of benzene rings is 2. The first-order valence-corrected chi connectivity index (χ1v) is 8.30. The standard InChI is InChI=1S/C20H14ClF2NO3/c21-16-2-4-19(27-11-13-1-3-17(22)8-18(13)23)14(7-16)5-12-6-15(20(25)26)10-24-9-12/h1-4,6-10H,5,11H2,(H,25,26)/p-1. The molecule has 0 saturated heterocycles. The summed E-state index contributed by atoms with van der Waals surface area (Å²) in [5.41, 5.74) is 1.46. The number of rotatable bonds is 6. The van der Waals surface area contributed by atoms with Gasteiger partial charge in [0, 0.05) is 46.6 Å². The molecule has 0 saturated carbocycles. The zero-order valence-electron chi connectivity index (χ0n) is 13.9. The highest BCUT2D eigenvalue weighted by molar-refractivity contribution is 6.30. The van der Waals surface area contributed by atoms with Gasteiger partial charge >= 0.3 is 0 Å². The van der Waals surface area contributed by atoms with Crippen molar-refractivity contribution >= 4 is 17.6 Å². The third-order valence-corrected chi connectivity index (χ3v) is 4.08. The van der Waals surface area contributed by atoms with Crippen molar-refractivity contribution in [2.24, 2.45) is 0 Å². The lowest BCUT2D eigenvalue weighted by Crippen LogP contribution is -2.22. The first-order chi connectivity index (χ1) is 12.9. The third-order valence-electron chi connectivity index (χ3n) is 3.85. The van der Waals surface area contributed by atoms with Crippen molar-refractivity contribution < 1.29 is 23.4 Å². The van der Waals surface area contributed by atoms with Gasteiger partial charge < -0.3 is 14.6 Å². The fraction of sp³-hybridized carbons (Fsp3) is 0.100. The van der Waals surface area contributed by atoms with Gasteiger partial charge in [-0.2, -0.15) is 0 Å². The quantitative estimate of drug-likeness (QED) is 0.648. The molecule has 0 unspecified atom stereocenters. The second kappa shape index (κ2) is 8.14. The maximum absolute atomic E-state index is 13.8. The molecule has 0 N–H and O–H groups in total. The third kappa shape index (κ3) is 4.80. The van der Waals surface area contributed by atoms with E-state index in [1.807, 2.05) is 0 Å². The molecular weight excluding hydrogens is 376 g/mol. The molecule has 0 aliphatic rings. The van der Waals surface area contributed by atoms with Gasteiger partial charge in [0.15, 0.2) is 0 Å². The molecule has 0 spiro atoms. The molecule has 3 aromatic rings. The number of carbonyl (C=O) groups is 1. The molecule has 2 aromatic carbocycles. The topological polar surface area (TPSA) is 62.2 Å². The van der Waals surface area contributed by atoms with Crippen LogP contribution in [0.2, 0.25) is 5.02 Å². The Morgan fingerprint density at radius 3 is 2.63 bits per heavy atom. The predicted molar refractivity (Wildman–Crippen MR) is 93.5 cm³/mol. The molecule has 0 aliphatic heterocycles. The number of aromatic nitrogens is 1. The van der Waals surface area contributed by atoms with Gasteiger partial charge in [-0.15, -0.1) is 0 Å². The number of hydrogen-bond acceptors (Lipinski definition) is 4. The zero-order valence-corrected chi connectivity index (χ0v) is 14.7. The van der Waals surface area contributed by atoms with Crippen LogP contribution in [0, 0.1) is 11.6 Å². The molecule has 0 amide bonds. The number of hydrogen-bond donors (Lipinski definition) is 0. The molecular formula is C20H13ClF2NO3-. The molecule has 27 heavy (non-hydrogen) atoms. The number of carboxylic acid groups (broad SMARTS) is 1. The van der Waals surface area contributed by atoms with E-state index < -0.39 is 17.6 Å². The molecule has 0 fully saturated rings. The van der Waals surface area contributed by atoms with Crippen LogP contribution in [-0.4, -0.2) is 11.0 Å². The van der Waals surface area contributed by atoms with Crippen LogP contribution in [0.1, 0.15) is 27.0 Å². The lowest BCUT2D eigenvalue weighted by atomic mass is 10.0. The van der Waals surface area contributed by atoms with Gasteiger partial charge in [-0.1, -0.05) is 11.6 Å². The molecule has 7 heteroatoms. The van der Waals surface area contributed by atoms with Gasteiger partial charge in [-0.25, -0.2) is 8.78 Å². The summed E-state index contributed by atoms with van der Waals surface area (Å²) in [7, 11) is 0. The predicted octanol–water partition coefficient (Wildman–Crippen LogP) is 3.55. The Hall–Kier alpha value is -2.99.